The third-order valence-corrected chi connectivity index (χ3v) is 2.44. The number of methoxy groups -OCH3 is 1. The Hall–Kier alpha value is -0.830. The van der Waals surface area contributed by atoms with Gasteiger partial charge in [-0.15, -0.1) is 6.58 Å². The van der Waals surface area contributed by atoms with Gasteiger partial charge >= 0.3 is 5.97 Å². The predicted octanol–water partition coefficient (Wildman–Crippen LogP) is 1.53. The Kier molecular flexibility index (Phi) is 3.48. The second kappa shape index (κ2) is 4.42. The number of hydrogen-bond acceptors (Lipinski definition) is 3. The third-order valence-electron chi connectivity index (χ3n) is 2.44. The average Bonchev–Trinajstić information content (AvgIpc) is 2.17. The first kappa shape index (κ1) is 10.3. The maximum Gasteiger partial charge on any atom is 0.335 e. The van der Waals surface area contributed by atoms with Crippen LogP contribution in [0.15, 0.2) is 12.7 Å². The molecule has 0 aromatic carbocycles. The summed E-state index contributed by atoms with van der Waals surface area (Å²) in [5.41, 5.74) is 0. The molecule has 1 fully saturated rings. The van der Waals surface area contributed by atoms with Crippen LogP contribution < -0.4 is 0 Å². The molecule has 3 atom stereocenters. The highest BCUT2D eigenvalue weighted by Gasteiger charge is 2.33. The van der Waals surface area contributed by atoms with Crippen molar-refractivity contribution in [3.8, 4) is 0 Å². The van der Waals surface area contributed by atoms with E-state index in [1.807, 2.05) is 6.92 Å². The lowest BCUT2D eigenvalue weighted by molar-refractivity contribution is -0.165. The Balaban J connectivity index is 2.59. The fraction of sp³-hybridized carbons (Fsp3) is 0.700. The van der Waals surface area contributed by atoms with Crippen LogP contribution >= 0.6 is 0 Å². The van der Waals surface area contributed by atoms with Crippen molar-refractivity contribution < 1.29 is 14.3 Å². The molecule has 0 saturated carbocycles. The van der Waals surface area contributed by atoms with Gasteiger partial charge in [-0.3, -0.25) is 0 Å². The van der Waals surface area contributed by atoms with Crippen molar-refractivity contribution in [2.75, 3.05) is 7.11 Å². The minimum absolute atomic E-state index is 0.000278. The van der Waals surface area contributed by atoms with Gasteiger partial charge in [0.1, 0.15) is 0 Å². The molecule has 1 saturated heterocycles. The van der Waals surface area contributed by atoms with Crippen molar-refractivity contribution in [2.24, 2.45) is 5.92 Å². The van der Waals surface area contributed by atoms with Crippen LogP contribution in [-0.4, -0.2) is 25.3 Å². The molecule has 1 heterocycles. The quantitative estimate of drug-likeness (QED) is 0.482. The van der Waals surface area contributed by atoms with Gasteiger partial charge in [0, 0.05) is 0 Å². The van der Waals surface area contributed by atoms with E-state index in [1.54, 1.807) is 6.08 Å². The molecule has 0 radical (unpaired) electrons. The first-order valence-corrected chi connectivity index (χ1v) is 4.55. The summed E-state index contributed by atoms with van der Waals surface area (Å²) in [6.45, 7) is 5.65. The fourth-order valence-corrected chi connectivity index (χ4v) is 1.55. The Morgan fingerprint density at radius 1 is 1.62 bits per heavy atom. The van der Waals surface area contributed by atoms with Gasteiger partial charge < -0.3 is 9.47 Å². The zero-order chi connectivity index (χ0) is 9.84. The minimum Gasteiger partial charge on any atom is -0.467 e. The minimum atomic E-state index is -0.415. The van der Waals surface area contributed by atoms with E-state index in [9.17, 15) is 4.79 Å². The van der Waals surface area contributed by atoms with Gasteiger partial charge in [0.15, 0.2) is 6.10 Å². The van der Waals surface area contributed by atoms with Gasteiger partial charge in [0.25, 0.3) is 0 Å². The van der Waals surface area contributed by atoms with Crippen LogP contribution in [0.25, 0.3) is 0 Å². The summed E-state index contributed by atoms with van der Waals surface area (Å²) < 4.78 is 10.2. The Morgan fingerprint density at radius 3 is 2.85 bits per heavy atom. The van der Waals surface area contributed by atoms with Crippen LogP contribution in [0.5, 0.6) is 0 Å². The fourth-order valence-electron chi connectivity index (χ4n) is 1.55. The summed E-state index contributed by atoms with van der Waals surface area (Å²) in [5.74, 6) is -0.0392. The first-order valence-electron chi connectivity index (χ1n) is 4.55. The predicted molar refractivity (Wildman–Crippen MR) is 49.3 cm³/mol. The van der Waals surface area contributed by atoms with Crippen LogP contribution in [0, 0.1) is 5.92 Å². The van der Waals surface area contributed by atoms with Gasteiger partial charge in [-0.2, -0.15) is 0 Å². The lowest BCUT2D eigenvalue weighted by Gasteiger charge is -2.31. The molecule has 0 unspecified atom stereocenters. The highest BCUT2D eigenvalue weighted by Crippen LogP contribution is 2.25. The highest BCUT2D eigenvalue weighted by molar-refractivity contribution is 5.75. The zero-order valence-corrected chi connectivity index (χ0v) is 8.16. The number of ether oxygens (including phenoxy) is 2. The van der Waals surface area contributed by atoms with Crippen LogP contribution in [0.4, 0.5) is 0 Å². The second-order valence-corrected chi connectivity index (χ2v) is 3.41. The SMILES string of the molecule is C=C[C@H]1CC[C@H](C)[C@@H](C(=O)OC)O1. The van der Waals surface area contributed by atoms with Crippen LogP contribution in [0.2, 0.25) is 0 Å². The average molecular weight is 184 g/mol. The summed E-state index contributed by atoms with van der Waals surface area (Å²) in [5, 5.41) is 0. The smallest absolute Gasteiger partial charge is 0.335 e. The molecule has 13 heavy (non-hydrogen) atoms. The number of carbonyl (C=O) groups is 1. The summed E-state index contributed by atoms with van der Waals surface area (Å²) in [6.07, 6.45) is 3.25. The number of esters is 1. The van der Waals surface area contributed by atoms with Crippen molar-refractivity contribution in [2.45, 2.75) is 32.0 Å². The summed E-state index contributed by atoms with van der Waals surface area (Å²) >= 11 is 0. The van der Waals surface area contributed by atoms with Crippen molar-refractivity contribution in [1.82, 2.24) is 0 Å². The molecule has 0 aliphatic carbocycles. The van der Waals surface area contributed by atoms with Gasteiger partial charge in [-0.25, -0.2) is 4.79 Å². The standard InChI is InChI=1S/C10H16O3/c1-4-8-6-5-7(2)9(13-8)10(11)12-3/h4,7-9H,1,5-6H2,2-3H3/t7-,8-,9-/m0/s1. The van der Waals surface area contributed by atoms with E-state index in [1.165, 1.54) is 7.11 Å². The van der Waals surface area contributed by atoms with E-state index in [4.69, 9.17) is 4.74 Å². The molecule has 1 aliphatic heterocycles. The van der Waals surface area contributed by atoms with Gasteiger partial charge in [0.05, 0.1) is 13.2 Å². The van der Waals surface area contributed by atoms with E-state index in [0.717, 1.165) is 12.8 Å². The lowest BCUT2D eigenvalue weighted by atomic mass is 9.93. The molecule has 0 N–H and O–H groups in total. The molecule has 0 amide bonds. The monoisotopic (exact) mass is 184 g/mol. The lowest BCUT2D eigenvalue weighted by Crippen LogP contribution is -2.39. The van der Waals surface area contributed by atoms with Crippen LogP contribution in [0.3, 0.4) is 0 Å². The van der Waals surface area contributed by atoms with Gasteiger partial charge in [-0.1, -0.05) is 13.0 Å². The molecular formula is C10H16O3. The van der Waals surface area contributed by atoms with Crippen molar-refractivity contribution >= 4 is 5.97 Å². The second-order valence-electron chi connectivity index (χ2n) is 3.41. The molecule has 3 nitrogen and oxygen atoms in total. The van der Waals surface area contributed by atoms with Gasteiger partial charge in [0.2, 0.25) is 0 Å². The van der Waals surface area contributed by atoms with E-state index in [-0.39, 0.29) is 18.0 Å². The zero-order valence-electron chi connectivity index (χ0n) is 8.16. The topological polar surface area (TPSA) is 35.5 Å². The molecule has 0 aromatic rings. The number of hydrogen-bond donors (Lipinski definition) is 0. The van der Waals surface area contributed by atoms with Crippen molar-refractivity contribution in [3.05, 3.63) is 12.7 Å². The number of rotatable bonds is 2. The largest absolute Gasteiger partial charge is 0.467 e. The summed E-state index contributed by atoms with van der Waals surface area (Å²) in [7, 11) is 1.38. The summed E-state index contributed by atoms with van der Waals surface area (Å²) in [4.78, 5) is 11.3. The maximum atomic E-state index is 11.3. The van der Waals surface area contributed by atoms with Crippen molar-refractivity contribution in [1.29, 1.82) is 0 Å². The molecular weight excluding hydrogens is 168 g/mol. The molecule has 1 rings (SSSR count). The molecule has 0 aromatic heterocycles. The van der Waals surface area contributed by atoms with E-state index >= 15 is 0 Å². The molecule has 0 spiro atoms. The van der Waals surface area contributed by atoms with E-state index in [2.05, 4.69) is 11.3 Å². The molecule has 1 aliphatic rings. The van der Waals surface area contributed by atoms with Gasteiger partial charge in [-0.05, 0) is 18.8 Å². The molecule has 0 bridgehead atoms. The van der Waals surface area contributed by atoms with Crippen LogP contribution in [-0.2, 0) is 14.3 Å². The van der Waals surface area contributed by atoms with E-state index in [0.29, 0.717) is 0 Å². The maximum absolute atomic E-state index is 11.3. The van der Waals surface area contributed by atoms with Crippen molar-refractivity contribution in [3.63, 3.8) is 0 Å². The normalized spacial score (nSPS) is 33.8. The Labute approximate surface area is 78.7 Å². The Morgan fingerprint density at radius 2 is 2.31 bits per heavy atom. The Bertz CT molecular complexity index is 200. The summed E-state index contributed by atoms with van der Waals surface area (Å²) in [6, 6.07) is 0. The third kappa shape index (κ3) is 2.31. The molecule has 3 heteroatoms. The number of carbonyl (C=O) groups excluding carboxylic acids is 1. The molecule has 74 valence electrons. The van der Waals surface area contributed by atoms with Crippen LogP contribution in [0.1, 0.15) is 19.8 Å². The highest BCUT2D eigenvalue weighted by atomic mass is 16.6. The first-order chi connectivity index (χ1) is 6.19. The van der Waals surface area contributed by atoms with E-state index < -0.39 is 6.10 Å².